The van der Waals surface area contributed by atoms with Gasteiger partial charge in [0.25, 0.3) is 0 Å². The minimum absolute atomic E-state index is 0.486. The summed E-state index contributed by atoms with van der Waals surface area (Å²) in [6, 6.07) is 9.87. The molecular weight excluding hydrogens is 238 g/mol. The summed E-state index contributed by atoms with van der Waals surface area (Å²) in [5, 5.41) is 3.09. The molecule has 1 aliphatic heterocycles. The van der Waals surface area contributed by atoms with Crippen LogP contribution in [0.5, 0.6) is 0 Å². The molecule has 5 heteroatoms. The highest BCUT2D eigenvalue weighted by Crippen LogP contribution is 2.04. The molecule has 1 aromatic carbocycles. The number of guanidine groups is 1. The lowest BCUT2D eigenvalue weighted by Gasteiger charge is -2.31. The monoisotopic (exact) mass is 261 g/mol. The Kier molecular flexibility index (Phi) is 5.18. The van der Waals surface area contributed by atoms with Crippen LogP contribution in [-0.4, -0.2) is 62.1 Å². The summed E-state index contributed by atoms with van der Waals surface area (Å²) in [6.45, 7) is 6.25. The third-order valence-corrected chi connectivity index (χ3v) is 3.34. The van der Waals surface area contributed by atoms with E-state index in [9.17, 15) is 0 Å². The van der Waals surface area contributed by atoms with Crippen LogP contribution in [0.1, 0.15) is 0 Å². The molecule has 104 valence electrons. The Morgan fingerprint density at radius 1 is 1.21 bits per heavy atom. The molecule has 0 spiro atoms. The molecule has 1 heterocycles. The molecule has 0 aliphatic carbocycles. The zero-order valence-corrected chi connectivity index (χ0v) is 11.5. The van der Waals surface area contributed by atoms with Crippen molar-refractivity contribution in [2.24, 2.45) is 10.7 Å². The van der Waals surface area contributed by atoms with Crippen molar-refractivity contribution in [1.29, 1.82) is 0 Å². The van der Waals surface area contributed by atoms with Gasteiger partial charge in [-0.15, -0.1) is 0 Å². The third kappa shape index (κ3) is 4.89. The number of nitrogens with zero attached hydrogens (tertiary/aromatic N) is 3. The van der Waals surface area contributed by atoms with Crippen LogP contribution in [0.4, 0.5) is 5.69 Å². The van der Waals surface area contributed by atoms with Gasteiger partial charge in [-0.1, -0.05) is 18.2 Å². The van der Waals surface area contributed by atoms with Crippen molar-refractivity contribution in [3.8, 4) is 0 Å². The number of likely N-dealkylation sites (N-methyl/N-ethyl adjacent to an activating group) is 1. The average Bonchev–Trinajstić information content (AvgIpc) is 2.42. The first-order chi connectivity index (χ1) is 9.24. The van der Waals surface area contributed by atoms with Crippen molar-refractivity contribution in [1.82, 2.24) is 9.80 Å². The highest BCUT2D eigenvalue weighted by Gasteiger charge is 2.12. The SMILES string of the molecule is CN1CCN(CCN=C(N)Nc2ccccc2)CC1. The fourth-order valence-electron chi connectivity index (χ4n) is 2.09. The number of piperazine rings is 1. The fraction of sp³-hybridized carbons (Fsp3) is 0.500. The van der Waals surface area contributed by atoms with Gasteiger partial charge in [0.2, 0.25) is 0 Å². The Morgan fingerprint density at radius 2 is 1.89 bits per heavy atom. The molecule has 0 bridgehead atoms. The smallest absolute Gasteiger partial charge is 0.193 e. The van der Waals surface area contributed by atoms with Crippen molar-refractivity contribution in [2.75, 3.05) is 51.6 Å². The Labute approximate surface area is 115 Å². The highest BCUT2D eigenvalue weighted by atomic mass is 15.2. The second kappa shape index (κ2) is 7.11. The van der Waals surface area contributed by atoms with Crippen LogP contribution in [0.15, 0.2) is 35.3 Å². The van der Waals surface area contributed by atoms with E-state index in [4.69, 9.17) is 5.73 Å². The number of anilines is 1. The number of para-hydroxylation sites is 1. The van der Waals surface area contributed by atoms with E-state index in [-0.39, 0.29) is 0 Å². The average molecular weight is 261 g/mol. The Bertz CT molecular complexity index is 396. The predicted molar refractivity (Wildman–Crippen MR) is 80.5 cm³/mol. The number of benzene rings is 1. The van der Waals surface area contributed by atoms with Crippen molar-refractivity contribution in [3.05, 3.63) is 30.3 Å². The van der Waals surface area contributed by atoms with Gasteiger partial charge in [0.05, 0.1) is 6.54 Å². The molecule has 19 heavy (non-hydrogen) atoms. The molecule has 1 aliphatic rings. The van der Waals surface area contributed by atoms with Crippen LogP contribution in [-0.2, 0) is 0 Å². The number of aliphatic imine (C=N–C) groups is 1. The lowest BCUT2D eigenvalue weighted by atomic mass is 10.3. The molecule has 1 saturated heterocycles. The van der Waals surface area contributed by atoms with Gasteiger partial charge in [-0.3, -0.25) is 9.89 Å². The van der Waals surface area contributed by atoms with Crippen LogP contribution >= 0.6 is 0 Å². The Balaban J connectivity index is 1.70. The molecule has 3 N–H and O–H groups in total. The lowest BCUT2D eigenvalue weighted by Crippen LogP contribution is -2.45. The maximum atomic E-state index is 5.86. The van der Waals surface area contributed by atoms with E-state index in [2.05, 4.69) is 27.2 Å². The number of hydrogen-bond acceptors (Lipinski definition) is 3. The molecule has 1 fully saturated rings. The quantitative estimate of drug-likeness (QED) is 0.617. The summed E-state index contributed by atoms with van der Waals surface area (Å²) in [7, 11) is 2.16. The first kappa shape index (κ1) is 13.8. The lowest BCUT2D eigenvalue weighted by molar-refractivity contribution is 0.157. The van der Waals surface area contributed by atoms with Gasteiger partial charge in [0, 0.05) is 38.4 Å². The summed E-state index contributed by atoms with van der Waals surface area (Å²) in [5.74, 6) is 0.486. The minimum atomic E-state index is 0.486. The molecule has 5 nitrogen and oxygen atoms in total. The van der Waals surface area contributed by atoms with E-state index in [0.29, 0.717) is 5.96 Å². The molecule has 0 radical (unpaired) electrons. The number of nitrogens with two attached hydrogens (primary N) is 1. The van der Waals surface area contributed by atoms with Gasteiger partial charge in [0.1, 0.15) is 0 Å². The molecule has 0 amide bonds. The van der Waals surface area contributed by atoms with Gasteiger partial charge in [-0.05, 0) is 19.2 Å². The van der Waals surface area contributed by atoms with Crippen LogP contribution < -0.4 is 11.1 Å². The van der Waals surface area contributed by atoms with Crippen LogP contribution in [0.2, 0.25) is 0 Å². The zero-order chi connectivity index (χ0) is 13.5. The molecule has 0 unspecified atom stereocenters. The number of rotatable bonds is 4. The summed E-state index contributed by atoms with van der Waals surface area (Å²) in [4.78, 5) is 9.14. The van der Waals surface area contributed by atoms with Gasteiger partial charge >= 0.3 is 0 Å². The van der Waals surface area contributed by atoms with Crippen LogP contribution in [0, 0.1) is 0 Å². The standard InChI is InChI=1S/C14H23N5/c1-18-9-11-19(12-10-18)8-7-16-14(15)17-13-5-3-2-4-6-13/h2-6H,7-12H2,1H3,(H3,15,16,17). The van der Waals surface area contributed by atoms with E-state index in [0.717, 1.165) is 45.0 Å². The minimum Gasteiger partial charge on any atom is -0.370 e. The molecular formula is C14H23N5. The third-order valence-electron chi connectivity index (χ3n) is 3.34. The maximum absolute atomic E-state index is 5.86. The predicted octanol–water partition coefficient (Wildman–Crippen LogP) is 0.661. The van der Waals surface area contributed by atoms with Gasteiger partial charge in [0.15, 0.2) is 5.96 Å². The van der Waals surface area contributed by atoms with Gasteiger partial charge < -0.3 is 16.0 Å². The normalized spacial score (nSPS) is 18.5. The summed E-state index contributed by atoms with van der Waals surface area (Å²) < 4.78 is 0. The summed E-state index contributed by atoms with van der Waals surface area (Å²) >= 11 is 0. The highest BCUT2D eigenvalue weighted by molar-refractivity contribution is 5.92. The molecule has 0 atom stereocenters. The van der Waals surface area contributed by atoms with Crippen molar-refractivity contribution in [3.63, 3.8) is 0 Å². The van der Waals surface area contributed by atoms with E-state index in [1.807, 2.05) is 30.3 Å². The summed E-state index contributed by atoms with van der Waals surface area (Å²) in [5.41, 5.74) is 6.83. The van der Waals surface area contributed by atoms with Crippen LogP contribution in [0.25, 0.3) is 0 Å². The largest absolute Gasteiger partial charge is 0.370 e. The van der Waals surface area contributed by atoms with E-state index in [1.54, 1.807) is 0 Å². The molecule has 2 rings (SSSR count). The molecule has 0 aromatic heterocycles. The number of nitrogens with one attached hydrogen (secondary N) is 1. The second-order valence-corrected chi connectivity index (χ2v) is 4.90. The van der Waals surface area contributed by atoms with Crippen molar-refractivity contribution < 1.29 is 0 Å². The van der Waals surface area contributed by atoms with Crippen LogP contribution in [0.3, 0.4) is 0 Å². The van der Waals surface area contributed by atoms with E-state index < -0.39 is 0 Å². The molecule has 1 aromatic rings. The first-order valence-corrected chi connectivity index (χ1v) is 6.77. The topological polar surface area (TPSA) is 56.9 Å². The fourth-order valence-corrected chi connectivity index (χ4v) is 2.09. The second-order valence-electron chi connectivity index (χ2n) is 4.90. The number of hydrogen-bond donors (Lipinski definition) is 2. The summed E-state index contributed by atoms with van der Waals surface area (Å²) in [6.07, 6.45) is 0. The Morgan fingerprint density at radius 3 is 2.58 bits per heavy atom. The Hall–Kier alpha value is -1.59. The van der Waals surface area contributed by atoms with Crippen molar-refractivity contribution in [2.45, 2.75) is 0 Å². The van der Waals surface area contributed by atoms with E-state index in [1.165, 1.54) is 0 Å². The molecule has 0 saturated carbocycles. The van der Waals surface area contributed by atoms with Crippen molar-refractivity contribution >= 4 is 11.6 Å². The first-order valence-electron chi connectivity index (χ1n) is 6.77. The van der Waals surface area contributed by atoms with E-state index >= 15 is 0 Å². The van der Waals surface area contributed by atoms with Gasteiger partial charge in [-0.25, -0.2) is 0 Å². The maximum Gasteiger partial charge on any atom is 0.193 e. The van der Waals surface area contributed by atoms with Gasteiger partial charge in [-0.2, -0.15) is 0 Å². The zero-order valence-electron chi connectivity index (χ0n) is 11.5.